The summed E-state index contributed by atoms with van der Waals surface area (Å²) in [6, 6.07) is 106. The van der Waals surface area contributed by atoms with Crippen molar-refractivity contribution < 1.29 is 0 Å². The van der Waals surface area contributed by atoms with Crippen LogP contribution in [0.2, 0.25) is 0 Å². The predicted molar refractivity (Wildman–Crippen MR) is 372 cm³/mol. The molecule has 90 heavy (non-hydrogen) atoms. The molecule has 0 aliphatic heterocycles. The molecule has 7 heteroatoms. The van der Waals surface area contributed by atoms with Crippen molar-refractivity contribution in [3.8, 4) is 73.6 Å². The van der Waals surface area contributed by atoms with Gasteiger partial charge in [-0.05, 0) is 162 Å². The maximum atomic E-state index is 9.94. The lowest BCUT2D eigenvalue weighted by Crippen LogP contribution is -1.96. The van der Waals surface area contributed by atoms with Crippen LogP contribution in [0.15, 0.2) is 285 Å². The van der Waals surface area contributed by atoms with Crippen LogP contribution in [0.5, 0.6) is 0 Å². The van der Waals surface area contributed by atoms with E-state index in [4.69, 9.17) is 9.97 Å². The van der Waals surface area contributed by atoms with Crippen LogP contribution in [0.4, 0.5) is 0 Å². The lowest BCUT2D eigenvalue weighted by atomic mass is 9.98. The van der Waals surface area contributed by atoms with Crippen molar-refractivity contribution in [1.29, 1.82) is 5.26 Å². The van der Waals surface area contributed by atoms with Gasteiger partial charge in [-0.1, -0.05) is 146 Å². The highest BCUT2D eigenvalue weighted by atomic mass is 15.0. The summed E-state index contributed by atoms with van der Waals surface area (Å²) in [7, 11) is 0. The molecule has 0 saturated heterocycles. The molecular formula is C83H47N7. The zero-order valence-corrected chi connectivity index (χ0v) is 48.3. The number of hydrogen-bond acceptors (Lipinski definition) is 3. The number of fused-ring (bicyclic) bond motifs is 18. The van der Waals surface area contributed by atoms with E-state index in [1.54, 1.807) is 0 Å². The number of nitriles is 1. The lowest BCUT2D eigenvalue weighted by molar-refractivity contribution is 1.18. The summed E-state index contributed by atoms with van der Waals surface area (Å²) < 4.78 is 9.64. The summed E-state index contributed by atoms with van der Waals surface area (Å²) in [5.41, 5.74) is 23.6. The van der Waals surface area contributed by atoms with Gasteiger partial charge in [-0.15, -0.1) is 0 Å². The van der Waals surface area contributed by atoms with Gasteiger partial charge in [0.2, 0.25) is 0 Å². The van der Waals surface area contributed by atoms with E-state index < -0.39 is 0 Å². The molecule has 0 bridgehead atoms. The standard InChI is InChI=1S/C83H47N7/c84-48-49-27-29-50(30-28-49)71-47-72(55-43-67-61-21-9-13-25-75(61)89-79-37-33-53(41-65(79)69(44-55)81(67)89)51-31-35-77-63(39-51)59-19-7-11-23-73(59)87(77)57-15-3-1-4-16-57)86-83(85-71)56-45-68-62-22-10-14-26-76(62)90-80-38-34-54(42-66(80)70(46-56)82(68)90)52-32-36-78-64(40-52)60-20-8-12-24-74(60)88(78)58-17-5-2-6-18-58/h1-47H. The predicted octanol–water partition coefficient (Wildman–Crippen LogP) is 21.2. The van der Waals surface area contributed by atoms with Crippen LogP contribution in [0.3, 0.4) is 0 Å². The Bertz CT molecular complexity index is 6090. The molecule has 7 nitrogen and oxygen atoms in total. The molecule has 414 valence electrons. The van der Waals surface area contributed by atoms with Crippen LogP contribution in [0.1, 0.15) is 5.56 Å². The number of aromatic nitrogens is 6. The van der Waals surface area contributed by atoms with Gasteiger partial charge < -0.3 is 17.9 Å². The van der Waals surface area contributed by atoms with Crippen LogP contribution in [0, 0.1) is 11.3 Å². The molecule has 0 N–H and O–H groups in total. The van der Waals surface area contributed by atoms with Crippen LogP contribution < -0.4 is 0 Å². The molecule has 13 aromatic carbocycles. The van der Waals surface area contributed by atoms with Crippen LogP contribution in [-0.4, -0.2) is 27.9 Å². The minimum absolute atomic E-state index is 0.594. The van der Waals surface area contributed by atoms with E-state index in [-0.39, 0.29) is 0 Å². The van der Waals surface area contributed by atoms with Crippen molar-refractivity contribution in [1.82, 2.24) is 27.9 Å². The second kappa shape index (κ2) is 18.3. The molecule has 0 unspecified atom stereocenters. The van der Waals surface area contributed by atoms with E-state index in [0.29, 0.717) is 11.4 Å². The fourth-order valence-electron chi connectivity index (χ4n) is 15.2. The molecule has 0 spiro atoms. The Morgan fingerprint density at radius 2 is 0.556 bits per heavy atom. The zero-order chi connectivity index (χ0) is 58.9. The molecule has 0 aliphatic carbocycles. The van der Waals surface area contributed by atoms with Gasteiger partial charge in [0.1, 0.15) is 0 Å². The lowest BCUT2D eigenvalue weighted by Gasteiger charge is -2.11. The van der Waals surface area contributed by atoms with E-state index in [9.17, 15) is 5.26 Å². The van der Waals surface area contributed by atoms with Crippen molar-refractivity contribution in [3.63, 3.8) is 0 Å². The Morgan fingerprint density at radius 1 is 0.244 bits per heavy atom. The minimum Gasteiger partial charge on any atom is -0.309 e. The van der Waals surface area contributed by atoms with E-state index in [1.165, 1.54) is 81.7 Å². The monoisotopic (exact) mass is 1140 g/mol. The van der Waals surface area contributed by atoms with E-state index in [2.05, 4.69) is 285 Å². The largest absolute Gasteiger partial charge is 0.309 e. The first-order chi connectivity index (χ1) is 44.6. The van der Waals surface area contributed by atoms with Crippen LogP contribution in [0.25, 0.3) is 187 Å². The molecule has 7 aromatic heterocycles. The number of nitrogens with zero attached hydrogens (tertiary/aromatic N) is 7. The zero-order valence-electron chi connectivity index (χ0n) is 48.3. The first-order valence-electron chi connectivity index (χ1n) is 30.6. The second-order valence-corrected chi connectivity index (χ2v) is 24.0. The fraction of sp³-hybridized carbons (Fsp3) is 0. The molecular weight excluding hydrogens is 1090 g/mol. The SMILES string of the molecule is N#Cc1ccc(-c2cc(-c3cc4c5ccccc5n5c6ccc(-c7ccc8c(c7)c7ccccc7n8-c7ccccc7)cc6c(c3)c45)nc(-c3cc4c5ccccc5n5c6ccc(-c7ccc8c(c7)c7ccccc7n8-c7ccccc7)cc6c(c3)c45)n2)cc1. The third kappa shape index (κ3) is 6.87. The highest BCUT2D eigenvalue weighted by Gasteiger charge is 2.25. The fourth-order valence-corrected chi connectivity index (χ4v) is 15.2. The Balaban J connectivity index is 0.786. The van der Waals surface area contributed by atoms with E-state index >= 15 is 0 Å². The summed E-state index contributed by atoms with van der Waals surface area (Å²) in [4.78, 5) is 11.2. The molecule has 0 saturated carbocycles. The van der Waals surface area contributed by atoms with Crippen LogP contribution in [-0.2, 0) is 0 Å². The van der Waals surface area contributed by atoms with Crippen molar-refractivity contribution in [2.75, 3.05) is 0 Å². The minimum atomic E-state index is 0.594. The third-order valence-corrected chi connectivity index (χ3v) is 19.2. The maximum Gasteiger partial charge on any atom is 0.160 e. The highest BCUT2D eigenvalue weighted by Crippen LogP contribution is 2.47. The molecule has 20 rings (SSSR count). The smallest absolute Gasteiger partial charge is 0.160 e. The van der Waals surface area contributed by atoms with E-state index in [1.807, 2.05) is 24.3 Å². The highest BCUT2D eigenvalue weighted by molar-refractivity contribution is 6.27. The quantitative estimate of drug-likeness (QED) is 0.160. The Labute approximate surface area is 514 Å². The van der Waals surface area contributed by atoms with Crippen LogP contribution >= 0.6 is 0 Å². The molecule has 0 radical (unpaired) electrons. The van der Waals surface area contributed by atoms with Gasteiger partial charge in [-0.2, -0.15) is 5.26 Å². The summed E-state index contributed by atoms with van der Waals surface area (Å²) in [5, 5.41) is 24.2. The number of hydrogen-bond donors (Lipinski definition) is 0. The van der Waals surface area contributed by atoms with Crippen molar-refractivity contribution >= 4 is 120 Å². The Hall–Kier alpha value is -12.4. The third-order valence-electron chi connectivity index (χ3n) is 19.2. The molecule has 20 aromatic rings. The average molecular weight is 1140 g/mol. The summed E-state index contributed by atoms with van der Waals surface area (Å²) in [6.07, 6.45) is 0. The van der Waals surface area contributed by atoms with Gasteiger partial charge in [-0.3, -0.25) is 0 Å². The summed E-state index contributed by atoms with van der Waals surface area (Å²) >= 11 is 0. The molecule has 7 heterocycles. The molecule has 0 amide bonds. The average Bonchev–Trinajstić information content (AvgIpc) is 1.59. The van der Waals surface area contributed by atoms with Gasteiger partial charge in [0.15, 0.2) is 5.82 Å². The first kappa shape index (κ1) is 48.8. The van der Waals surface area contributed by atoms with Crippen molar-refractivity contribution in [3.05, 3.63) is 291 Å². The topological polar surface area (TPSA) is 68.2 Å². The summed E-state index contributed by atoms with van der Waals surface area (Å²) in [5.74, 6) is 0.623. The van der Waals surface area contributed by atoms with Gasteiger partial charge in [-0.25, -0.2) is 9.97 Å². The number of para-hydroxylation sites is 6. The van der Waals surface area contributed by atoms with Gasteiger partial charge in [0.05, 0.1) is 78.2 Å². The molecule has 0 fully saturated rings. The maximum absolute atomic E-state index is 9.94. The number of rotatable bonds is 7. The molecule has 0 aliphatic rings. The Morgan fingerprint density at radius 3 is 1.00 bits per heavy atom. The van der Waals surface area contributed by atoms with E-state index in [0.717, 1.165) is 99.8 Å². The van der Waals surface area contributed by atoms with Crippen molar-refractivity contribution in [2.24, 2.45) is 0 Å². The first-order valence-corrected chi connectivity index (χ1v) is 30.6. The van der Waals surface area contributed by atoms with Crippen molar-refractivity contribution in [2.45, 2.75) is 0 Å². The van der Waals surface area contributed by atoms with Gasteiger partial charge >= 0.3 is 0 Å². The summed E-state index contributed by atoms with van der Waals surface area (Å²) in [6.45, 7) is 0. The number of benzene rings is 13. The second-order valence-electron chi connectivity index (χ2n) is 24.0. The Kier molecular flexibility index (Phi) is 9.94. The molecule has 0 atom stereocenters. The normalized spacial score (nSPS) is 12.2. The van der Waals surface area contributed by atoms with Gasteiger partial charge in [0.25, 0.3) is 0 Å². The van der Waals surface area contributed by atoms with Gasteiger partial charge in [0, 0.05) is 92.7 Å².